The molecule has 1 N–H and O–H groups in total. The second-order valence-electron chi connectivity index (χ2n) is 6.91. The number of halogens is 1. The second kappa shape index (κ2) is 10.3. The van der Waals surface area contributed by atoms with Gasteiger partial charge in [-0.25, -0.2) is 0 Å². The fourth-order valence-corrected chi connectivity index (χ4v) is 4.08. The number of allylic oxidation sites excluding steroid dienone is 1. The van der Waals surface area contributed by atoms with Crippen molar-refractivity contribution in [2.24, 2.45) is 0 Å². The molecule has 8 heteroatoms. The Morgan fingerprint density at radius 3 is 2.69 bits per heavy atom. The molecule has 3 aromatic carbocycles. The van der Waals surface area contributed by atoms with Gasteiger partial charge in [-0.15, -0.1) is 16.8 Å². The first kappa shape index (κ1) is 21.9. The third-order valence-corrected chi connectivity index (χ3v) is 5.97. The van der Waals surface area contributed by atoms with Gasteiger partial charge in [0.25, 0.3) is 0 Å². The van der Waals surface area contributed by atoms with Gasteiger partial charge in [0.15, 0.2) is 11.0 Å². The van der Waals surface area contributed by atoms with Crippen LogP contribution >= 0.6 is 23.4 Å². The molecular formula is C24H21ClN4O2S. The summed E-state index contributed by atoms with van der Waals surface area (Å²) in [4.78, 5) is 12.3. The van der Waals surface area contributed by atoms with Crippen molar-refractivity contribution in [2.75, 3.05) is 11.1 Å². The van der Waals surface area contributed by atoms with E-state index in [0.717, 1.165) is 16.5 Å². The smallest absolute Gasteiger partial charge is 0.234 e. The second-order valence-corrected chi connectivity index (χ2v) is 8.26. The van der Waals surface area contributed by atoms with Gasteiger partial charge >= 0.3 is 0 Å². The topological polar surface area (TPSA) is 69.0 Å². The third kappa shape index (κ3) is 5.30. The quantitative estimate of drug-likeness (QED) is 0.258. The van der Waals surface area contributed by atoms with Crippen molar-refractivity contribution < 1.29 is 9.53 Å². The molecule has 1 heterocycles. The zero-order valence-electron chi connectivity index (χ0n) is 17.2. The maximum absolute atomic E-state index is 12.3. The first-order valence-electron chi connectivity index (χ1n) is 9.96. The first-order valence-corrected chi connectivity index (χ1v) is 11.3. The minimum atomic E-state index is -0.176. The Morgan fingerprint density at radius 1 is 1.09 bits per heavy atom. The Morgan fingerprint density at radius 2 is 1.88 bits per heavy atom. The van der Waals surface area contributed by atoms with Crippen LogP contribution in [-0.2, 0) is 17.9 Å². The van der Waals surface area contributed by atoms with E-state index in [1.807, 2.05) is 53.1 Å². The van der Waals surface area contributed by atoms with E-state index in [0.29, 0.717) is 28.2 Å². The lowest BCUT2D eigenvalue weighted by Crippen LogP contribution is -2.15. The molecule has 4 aromatic rings. The normalized spacial score (nSPS) is 10.8. The fraction of sp³-hybridized carbons (Fsp3) is 0.125. The van der Waals surface area contributed by atoms with Crippen molar-refractivity contribution in [2.45, 2.75) is 18.3 Å². The highest BCUT2D eigenvalue weighted by atomic mass is 35.5. The molecule has 0 saturated heterocycles. The maximum atomic E-state index is 12.3. The summed E-state index contributed by atoms with van der Waals surface area (Å²) in [5, 5.41) is 14.7. The standard InChI is InChI=1S/C24H21ClN4O2S/c1-2-13-29-22(15-31-19-12-11-17-7-3-4-8-18(17)14-19)27-28-24(29)32-16-23(30)26-21-10-6-5-9-20(21)25/h2-12,14H,1,13,15-16H2,(H,26,30). The summed E-state index contributed by atoms with van der Waals surface area (Å²) in [6, 6.07) is 21.2. The van der Waals surface area contributed by atoms with Crippen LogP contribution < -0.4 is 10.1 Å². The third-order valence-electron chi connectivity index (χ3n) is 4.67. The molecule has 162 valence electrons. The Labute approximate surface area is 195 Å². The van der Waals surface area contributed by atoms with E-state index in [9.17, 15) is 4.79 Å². The van der Waals surface area contributed by atoms with Gasteiger partial charge in [0.1, 0.15) is 12.4 Å². The molecule has 0 unspecified atom stereocenters. The number of amides is 1. The molecule has 1 amide bonds. The Kier molecular flexibility index (Phi) is 7.09. The summed E-state index contributed by atoms with van der Waals surface area (Å²) in [6.45, 7) is 4.58. The largest absolute Gasteiger partial charge is 0.486 e. The van der Waals surface area contributed by atoms with Crippen LogP contribution in [-0.4, -0.2) is 26.4 Å². The molecule has 0 bridgehead atoms. The number of nitrogens with one attached hydrogen (secondary N) is 1. The van der Waals surface area contributed by atoms with E-state index in [4.69, 9.17) is 16.3 Å². The van der Waals surface area contributed by atoms with Crippen molar-refractivity contribution in [3.63, 3.8) is 0 Å². The predicted octanol–water partition coefficient (Wildman–Crippen LogP) is 5.58. The van der Waals surface area contributed by atoms with Crippen molar-refractivity contribution in [3.8, 4) is 5.75 Å². The molecule has 6 nitrogen and oxygen atoms in total. The van der Waals surface area contributed by atoms with Gasteiger partial charge in [-0.2, -0.15) is 0 Å². The Bertz CT molecular complexity index is 1260. The summed E-state index contributed by atoms with van der Waals surface area (Å²) in [5.41, 5.74) is 0.580. The van der Waals surface area contributed by atoms with Crippen LogP contribution in [0.1, 0.15) is 5.82 Å². The molecule has 0 atom stereocenters. The highest BCUT2D eigenvalue weighted by molar-refractivity contribution is 7.99. The average molecular weight is 465 g/mol. The number of anilines is 1. The molecule has 0 fully saturated rings. The maximum Gasteiger partial charge on any atom is 0.234 e. The minimum absolute atomic E-state index is 0.173. The predicted molar refractivity (Wildman–Crippen MR) is 129 cm³/mol. The summed E-state index contributed by atoms with van der Waals surface area (Å²) in [7, 11) is 0. The number of hydrogen-bond donors (Lipinski definition) is 1. The van der Waals surface area contributed by atoms with Gasteiger partial charge in [-0.05, 0) is 35.0 Å². The van der Waals surface area contributed by atoms with Gasteiger partial charge in [-0.3, -0.25) is 9.36 Å². The molecule has 1 aromatic heterocycles. The van der Waals surface area contributed by atoms with E-state index in [1.54, 1.807) is 18.2 Å². The first-order chi connectivity index (χ1) is 15.6. The van der Waals surface area contributed by atoms with E-state index < -0.39 is 0 Å². The summed E-state index contributed by atoms with van der Waals surface area (Å²) < 4.78 is 7.85. The molecule has 0 aliphatic rings. The lowest BCUT2D eigenvalue weighted by Gasteiger charge is -2.10. The highest BCUT2D eigenvalue weighted by Gasteiger charge is 2.15. The van der Waals surface area contributed by atoms with Crippen LogP contribution in [0.25, 0.3) is 10.8 Å². The van der Waals surface area contributed by atoms with Gasteiger partial charge < -0.3 is 10.1 Å². The molecule has 0 aliphatic heterocycles. The number of rotatable bonds is 9. The van der Waals surface area contributed by atoms with Gasteiger partial charge in [0.05, 0.1) is 16.5 Å². The van der Waals surface area contributed by atoms with E-state index in [1.165, 1.54) is 11.8 Å². The van der Waals surface area contributed by atoms with E-state index >= 15 is 0 Å². The Hall–Kier alpha value is -3.29. The van der Waals surface area contributed by atoms with E-state index in [2.05, 4.69) is 28.2 Å². The monoisotopic (exact) mass is 464 g/mol. The summed E-state index contributed by atoms with van der Waals surface area (Å²) in [5.74, 6) is 1.41. The number of carbonyl (C=O) groups excluding carboxylic acids is 1. The van der Waals surface area contributed by atoms with Crippen LogP contribution in [0.4, 0.5) is 5.69 Å². The van der Waals surface area contributed by atoms with Crippen molar-refractivity contribution in [3.05, 3.63) is 90.2 Å². The fourth-order valence-electron chi connectivity index (χ4n) is 3.13. The van der Waals surface area contributed by atoms with Crippen molar-refractivity contribution in [1.29, 1.82) is 0 Å². The Balaban J connectivity index is 1.40. The van der Waals surface area contributed by atoms with Crippen LogP contribution in [0.3, 0.4) is 0 Å². The number of fused-ring (bicyclic) bond motifs is 1. The number of benzene rings is 3. The lowest BCUT2D eigenvalue weighted by atomic mass is 10.1. The zero-order chi connectivity index (χ0) is 22.3. The molecule has 0 saturated carbocycles. The van der Waals surface area contributed by atoms with Crippen molar-refractivity contribution in [1.82, 2.24) is 14.8 Å². The molecule has 32 heavy (non-hydrogen) atoms. The van der Waals surface area contributed by atoms with Crippen LogP contribution in [0.15, 0.2) is 84.5 Å². The number of ether oxygens (including phenoxy) is 1. The number of aromatic nitrogens is 3. The van der Waals surface area contributed by atoms with Gasteiger partial charge in [0.2, 0.25) is 5.91 Å². The summed E-state index contributed by atoms with van der Waals surface area (Å²) in [6.07, 6.45) is 1.76. The number of nitrogens with zero attached hydrogens (tertiary/aromatic N) is 3. The number of thioether (sulfide) groups is 1. The van der Waals surface area contributed by atoms with Crippen LogP contribution in [0.2, 0.25) is 5.02 Å². The number of para-hydroxylation sites is 1. The van der Waals surface area contributed by atoms with Gasteiger partial charge in [-0.1, -0.05) is 71.9 Å². The zero-order valence-corrected chi connectivity index (χ0v) is 18.8. The number of hydrogen-bond acceptors (Lipinski definition) is 5. The molecule has 0 spiro atoms. The van der Waals surface area contributed by atoms with E-state index in [-0.39, 0.29) is 18.3 Å². The van der Waals surface area contributed by atoms with Crippen molar-refractivity contribution >= 4 is 45.7 Å². The highest BCUT2D eigenvalue weighted by Crippen LogP contribution is 2.24. The molecule has 0 aliphatic carbocycles. The lowest BCUT2D eigenvalue weighted by molar-refractivity contribution is -0.113. The molecule has 4 rings (SSSR count). The summed E-state index contributed by atoms with van der Waals surface area (Å²) >= 11 is 7.40. The van der Waals surface area contributed by atoms with Crippen LogP contribution in [0, 0.1) is 0 Å². The molecule has 0 radical (unpaired) electrons. The molecular weight excluding hydrogens is 444 g/mol. The van der Waals surface area contributed by atoms with Gasteiger partial charge in [0, 0.05) is 6.54 Å². The number of carbonyl (C=O) groups is 1. The van der Waals surface area contributed by atoms with Crippen LogP contribution in [0.5, 0.6) is 5.75 Å². The SMILES string of the molecule is C=CCn1c(COc2ccc3ccccc3c2)nnc1SCC(=O)Nc1ccccc1Cl. The average Bonchev–Trinajstić information content (AvgIpc) is 3.19. The minimum Gasteiger partial charge on any atom is -0.486 e.